The first-order chi connectivity index (χ1) is 5.24. The molecule has 0 aliphatic carbocycles. The van der Waals surface area contributed by atoms with E-state index in [0.29, 0.717) is 0 Å². The van der Waals surface area contributed by atoms with Gasteiger partial charge in [0, 0.05) is 4.47 Å². The Bertz CT molecular complexity index is 227. The Morgan fingerprint density at radius 2 is 1.83 bits per heavy atom. The first kappa shape index (κ1) is 11.9. The standard InChI is InChI=1S/C8H9BrFN.ClH/c9-7-3-1-6(2-4-7)8(11)5-10;/h1-4,8H,5,11H2;1H/t8-;/m0./s1. The fraction of sp³-hybridized carbons (Fsp3) is 0.250. The summed E-state index contributed by atoms with van der Waals surface area (Å²) in [4.78, 5) is 0. The Hall–Kier alpha value is -0.120. The fourth-order valence-electron chi connectivity index (χ4n) is 0.799. The average Bonchev–Trinajstić information content (AvgIpc) is 2.05. The van der Waals surface area contributed by atoms with Crippen molar-refractivity contribution in [3.63, 3.8) is 0 Å². The van der Waals surface area contributed by atoms with Gasteiger partial charge in [0.05, 0.1) is 6.04 Å². The minimum Gasteiger partial charge on any atom is -0.322 e. The number of alkyl halides is 1. The molecule has 68 valence electrons. The van der Waals surface area contributed by atoms with Gasteiger partial charge < -0.3 is 5.73 Å². The van der Waals surface area contributed by atoms with Gasteiger partial charge in [-0.3, -0.25) is 0 Å². The second kappa shape index (κ2) is 5.51. The minimum absolute atomic E-state index is 0. The summed E-state index contributed by atoms with van der Waals surface area (Å²) >= 11 is 3.28. The Morgan fingerprint density at radius 3 is 2.25 bits per heavy atom. The number of rotatable bonds is 2. The van der Waals surface area contributed by atoms with Crippen LogP contribution in [0.25, 0.3) is 0 Å². The third-order valence-electron chi connectivity index (χ3n) is 1.46. The molecule has 0 bridgehead atoms. The number of hydrogen-bond acceptors (Lipinski definition) is 1. The largest absolute Gasteiger partial charge is 0.322 e. The molecule has 2 N–H and O–H groups in total. The van der Waals surface area contributed by atoms with E-state index in [-0.39, 0.29) is 12.4 Å². The van der Waals surface area contributed by atoms with Crippen LogP contribution in [0, 0.1) is 0 Å². The number of benzene rings is 1. The van der Waals surface area contributed by atoms with Gasteiger partial charge in [-0.2, -0.15) is 0 Å². The topological polar surface area (TPSA) is 26.0 Å². The molecule has 1 nitrogen and oxygen atoms in total. The smallest absolute Gasteiger partial charge is 0.109 e. The summed E-state index contributed by atoms with van der Waals surface area (Å²) in [5.74, 6) is 0. The second-order valence-electron chi connectivity index (χ2n) is 2.31. The lowest BCUT2D eigenvalue weighted by atomic mass is 10.1. The Kier molecular flexibility index (Phi) is 5.46. The van der Waals surface area contributed by atoms with Crippen LogP contribution in [0.3, 0.4) is 0 Å². The van der Waals surface area contributed by atoms with Crippen LogP contribution in [0.15, 0.2) is 28.7 Å². The lowest BCUT2D eigenvalue weighted by molar-refractivity contribution is 0.437. The third kappa shape index (κ3) is 3.09. The van der Waals surface area contributed by atoms with Gasteiger partial charge in [-0.05, 0) is 17.7 Å². The second-order valence-corrected chi connectivity index (χ2v) is 3.23. The summed E-state index contributed by atoms with van der Waals surface area (Å²) in [5.41, 5.74) is 6.28. The number of nitrogens with two attached hydrogens (primary N) is 1. The molecule has 12 heavy (non-hydrogen) atoms. The van der Waals surface area contributed by atoms with Crippen LogP contribution in [0.2, 0.25) is 0 Å². The summed E-state index contributed by atoms with van der Waals surface area (Å²) in [6.07, 6.45) is 0. The quantitative estimate of drug-likeness (QED) is 0.863. The molecule has 0 saturated heterocycles. The molecule has 0 amide bonds. The van der Waals surface area contributed by atoms with E-state index in [4.69, 9.17) is 5.73 Å². The highest BCUT2D eigenvalue weighted by Gasteiger charge is 2.03. The van der Waals surface area contributed by atoms with E-state index in [0.717, 1.165) is 10.0 Å². The van der Waals surface area contributed by atoms with Crippen LogP contribution in [-0.2, 0) is 0 Å². The monoisotopic (exact) mass is 253 g/mol. The molecule has 0 aromatic heterocycles. The van der Waals surface area contributed by atoms with E-state index in [2.05, 4.69) is 15.9 Å². The van der Waals surface area contributed by atoms with Gasteiger partial charge in [-0.25, -0.2) is 4.39 Å². The minimum atomic E-state index is -0.512. The summed E-state index contributed by atoms with van der Waals surface area (Å²) in [7, 11) is 0. The highest BCUT2D eigenvalue weighted by molar-refractivity contribution is 9.10. The normalized spacial score (nSPS) is 11.9. The van der Waals surface area contributed by atoms with E-state index in [1.54, 1.807) is 0 Å². The van der Waals surface area contributed by atoms with Crippen molar-refractivity contribution in [2.24, 2.45) is 5.73 Å². The number of hydrogen-bond donors (Lipinski definition) is 1. The van der Waals surface area contributed by atoms with Crippen molar-refractivity contribution in [3.8, 4) is 0 Å². The van der Waals surface area contributed by atoms with Gasteiger partial charge in [0.15, 0.2) is 0 Å². The van der Waals surface area contributed by atoms with Crippen molar-refractivity contribution in [2.45, 2.75) is 6.04 Å². The maximum atomic E-state index is 12.0. The molecule has 1 aromatic rings. The first-order valence-electron chi connectivity index (χ1n) is 3.31. The molecule has 1 aromatic carbocycles. The van der Waals surface area contributed by atoms with Crippen molar-refractivity contribution >= 4 is 28.3 Å². The molecule has 0 aliphatic heterocycles. The molecule has 0 unspecified atom stereocenters. The summed E-state index contributed by atoms with van der Waals surface area (Å²) in [6.45, 7) is -0.512. The molecule has 0 saturated carbocycles. The van der Waals surface area contributed by atoms with Crippen LogP contribution in [-0.4, -0.2) is 6.67 Å². The van der Waals surface area contributed by atoms with Gasteiger partial charge in [-0.15, -0.1) is 12.4 Å². The fourth-order valence-corrected chi connectivity index (χ4v) is 1.06. The van der Waals surface area contributed by atoms with Crippen molar-refractivity contribution in [1.29, 1.82) is 0 Å². The van der Waals surface area contributed by atoms with E-state index >= 15 is 0 Å². The molecule has 0 spiro atoms. The predicted octanol–water partition coefficient (Wildman–Crippen LogP) is 2.84. The average molecular weight is 255 g/mol. The molecule has 1 atom stereocenters. The van der Waals surface area contributed by atoms with Crippen LogP contribution < -0.4 is 5.73 Å². The Morgan fingerprint density at radius 1 is 1.33 bits per heavy atom. The third-order valence-corrected chi connectivity index (χ3v) is 1.99. The van der Waals surface area contributed by atoms with E-state index in [1.807, 2.05) is 24.3 Å². The molecule has 0 aliphatic rings. The van der Waals surface area contributed by atoms with Crippen LogP contribution in [0.1, 0.15) is 11.6 Å². The zero-order valence-corrected chi connectivity index (χ0v) is 8.74. The number of halogens is 3. The predicted molar refractivity (Wildman–Crippen MR) is 54.3 cm³/mol. The molecule has 0 heterocycles. The first-order valence-corrected chi connectivity index (χ1v) is 4.10. The van der Waals surface area contributed by atoms with Crippen LogP contribution >= 0.6 is 28.3 Å². The SMILES string of the molecule is Cl.N[C@@H](CF)c1ccc(Br)cc1. The molecule has 1 rings (SSSR count). The molecular formula is C8H10BrClFN. The van der Waals surface area contributed by atoms with Gasteiger partial charge in [0.2, 0.25) is 0 Å². The summed E-state index contributed by atoms with van der Waals surface area (Å²) in [6, 6.07) is 6.85. The van der Waals surface area contributed by atoms with Crippen molar-refractivity contribution < 1.29 is 4.39 Å². The summed E-state index contributed by atoms with van der Waals surface area (Å²) in [5, 5.41) is 0. The van der Waals surface area contributed by atoms with Gasteiger partial charge in [-0.1, -0.05) is 28.1 Å². The van der Waals surface area contributed by atoms with E-state index in [1.165, 1.54) is 0 Å². The van der Waals surface area contributed by atoms with Gasteiger partial charge >= 0.3 is 0 Å². The van der Waals surface area contributed by atoms with Gasteiger partial charge in [0.25, 0.3) is 0 Å². The lowest BCUT2D eigenvalue weighted by Crippen LogP contribution is -2.11. The van der Waals surface area contributed by atoms with E-state index < -0.39 is 12.7 Å². The van der Waals surface area contributed by atoms with Crippen molar-refractivity contribution in [1.82, 2.24) is 0 Å². The zero-order chi connectivity index (χ0) is 8.27. The highest BCUT2D eigenvalue weighted by atomic mass is 79.9. The molecular weight excluding hydrogens is 244 g/mol. The molecule has 4 heteroatoms. The maximum absolute atomic E-state index is 12.0. The highest BCUT2D eigenvalue weighted by Crippen LogP contribution is 2.15. The van der Waals surface area contributed by atoms with Gasteiger partial charge in [0.1, 0.15) is 6.67 Å². The van der Waals surface area contributed by atoms with Crippen LogP contribution in [0.4, 0.5) is 4.39 Å². The van der Waals surface area contributed by atoms with E-state index in [9.17, 15) is 4.39 Å². The lowest BCUT2D eigenvalue weighted by Gasteiger charge is -2.05. The zero-order valence-electron chi connectivity index (χ0n) is 6.34. The van der Waals surface area contributed by atoms with Crippen LogP contribution in [0.5, 0.6) is 0 Å². The molecule has 0 radical (unpaired) electrons. The van der Waals surface area contributed by atoms with Crippen molar-refractivity contribution in [3.05, 3.63) is 34.3 Å². The maximum Gasteiger partial charge on any atom is 0.109 e. The molecule has 0 fully saturated rings. The van der Waals surface area contributed by atoms with Crippen molar-refractivity contribution in [2.75, 3.05) is 6.67 Å². The summed E-state index contributed by atoms with van der Waals surface area (Å²) < 4.78 is 13.0. The Labute approximate surface area is 85.7 Å². The Balaban J connectivity index is 0.00000121.